The first-order valence-electron chi connectivity index (χ1n) is 13.2. The van der Waals surface area contributed by atoms with Gasteiger partial charge in [-0.1, -0.05) is 98.3 Å². The topological polar surface area (TPSA) is 37.2 Å². The van der Waals surface area contributed by atoms with Gasteiger partial charge in [0.15, 0.2) is 0 Å². The summed E-state index contributed by atoms with van der Waals surface area (Å²) in [6, 6.07) is 34.2. The molecule has 0 saturated heterocycles. The van der Waals surface area contributed by atoms with Gasteiger partial charge in [-0.2, -0.15) is 0 Å². The zero-order valence-corrected chi connectivity index (χ0v) is 22.2. The number of aliphatic hydroxyl groups is 1. The van der Waals surface area contributed by atoms with Crippen molar-refractivity contribution >= 4 is 16.6 Å². The van der Waals surface area contributed by atoms with E-state index in [0.717, 1.165) is 16.9 Å². The Bertz CT molecular complexity index is 1480. The highest BCUT2D eigenvalue weighted by Gasteiger charge is 2.23. The average Bonchev–Trinajstić information content (AvgIpc) is 3.22. The normalized spacial score (nSPS) is 12.3. The van der Waals surface area contributed by atoms with E-state index < -0.39 is 6.10 Å². The second-order valence-corrected chi connectivity index (χ2v) is 10.4. The van der Waals surface area contributed by atoms with Gasteiger partial charge in [0.1, 0.15) is 0 Å². The Hall–Kier alpha value is -3.82. The molecular weight excluding hydrogens is 452 g/mol. The molecule has 1 atom stereocenters. The quantitative estimate of drug-likeness (QED) is 0.231. The fraction of sp³-hybridized carbons (Fsp3) is 0.235. The third-order valence-corrected chi connectivity index (χ3v) is 7.11. The third kappa shape index (κ3) is 5.19. The van der Waals surface area contributed by atoms with Crippen LogP contribution in [0.5, 0.6) is 0 Å². The number of aromatic nitrogens is 1. The maximum absolute atomic E-state index is 11.3. The summed E-state index contributed by atoms with van der Waals surface area (Å²) >= 11 is 0. The fourth-order valence-corrected chi connectivity index (χ4v) is 5.36. The maximum atomic E-state index is 11.3. The molecule has 188 valence electrons. The highest BCUT2D eigenvalue weighted by Crippen LogP contribution is 2.42. The monoisotopic (exact) mass is 488 g/mol. The number of nitrogens with zero attached hydrogens (tertiary/aromatic N) is 1. The summed E-state index contributed by atoms with van der Waals surface area (Å²) in [4.78, 5) is 0. The molecule has 4 aromatic carbocycles. The number of aliphatic hydroxyl groups excluding tert-OH is 1. The Morgan fingerprint density at radius 2 is 1.41 bits per heavy atom. The zero-order chi connectivity index (χ0) is 25.9. The lowest BCUT2D eigenvalue weighted by atomic mass is 9.97. The Kier molecular flexibility index (Phi) is 7.16. The van der Waals surface area contributed by atoms with Gasteiger partial charge >= 0.3 is 0 Å². The number of benzene rings is 4. The number of fused-ring (bicyclic) bond motifs is 1. The summed E-state index contributed by atoms with van der Waals surface area (Å²) in [6.07, 6.45) is -0.563. The van der Waals surface area contributed by atoms with E-state index in [1.165, 1.54) is 38.7 Å². The minimum Gasteiger partial charge on any atom is -0.389 e. The standard InChI is InChI=1S/C34H36N2O/c1-23(2)26-15-17-29(18-16-26)35-21-30(37)22-36-33-25(4)19-24(3)20-31(33)32(27-11-7-5-8-12-27)34(36)28-13-9-6-10-14-28/h5-20,23,30,35,37H,21-22H2,1-4H3/t30-/m1/s1. The van der Waals surface area contributed by atoms with E-state index in [4.69, 9.17) is 0 Å². The van der Waals surface area contributed by atoms with Crippen molar-refractivity contribution in [2.45, 2.75) is 46.3 Å². The van der Waals surface area contributed by atoms with Crippen molar-refractivity contribution in [3.8, 4) is 22.4 Å². The molecule has 1 heterocycles. The van der Waals surface area contributed by atoms with E-state index in [9.17, 15) is 5.11 Å². The molecule has 0 saturated carbocycles. The van der Waals surface area contributed by atoms with Crippen molar-refractivity contribution in [1.29, 1.82) is 0 Å². The van der Waals surface area contributed by atoms with E-state index >= 15 is 0 Å². The Morgan fingerprint density at radius 3 is 2.03 bits per heavy atom. The van der Waals surface area contributed by atoms with Gasteiger partial charge in [-0.15, -0.1) is 0 Å². The van der Waals surface area contributed by atoms with Crippen molar-refractivity contribution in [3.63, 3.8) is 0 Å². The minimum atomic E-state index is -0.563. The molecule has 3 heteroatoms. The molecule has 1 aromatic heterocycles. The Morgan fingerprint density at radius 1 is 0.784 bits per heavy atom. The summed E-state index contributed by atoms with van der Waals surface area (Å²) in [6.45, 7) is 9.70. The van der Waals surface area contributed by atoms with E-state index in [-0.39, 0.29) is 0 Å². The van der Waals surface area contributed by atoms with Crippen LogP contribution in [0.2, 0.25) is 0 Å². The average molecular weight is 489 g/mol. The van der Waals surface area contributed by atoms with E-state index in [1.807, 2.05) is 0 Å². The Balaban J connectivity index is 1.57. The molecular formula is C34H36N2O. The molecule has 0 fully saturated rings. The lowest BCUT2D eigenvalue weighted by Crippen LogP contribution is -2.25. The number of aryl methyl sites for hydroxylation is 2. The van der Waals surface area contributed by atoms with Gasteiger partial charge in [0.2, 0.25) is 0 Å². The van der Waals surface area contributed by atoms with E-state index in [0.29, 0.717) is 19.0 Å². The van der Waals surface area contributed by atoms with Crippen LogP contribution >= 0.6 is 0 Å². The molecule has 0 aliphatic heterocycles. The van der Waals surface area contributed by atoms with Gasteiger partial charge in [0, 0.05) is 23.2 Å². The molecule has 0 aliphatic carbocycles. The highest BCUT2D eigenvalue weighted by atomic mass is 16.3. The van der Waals surface area contributed by atoms with Crippen molar-refractivity contribution in [3.05, 3.63) is 114 Å². The maximum Gasteiger partial charge on any atom is 0.0891 e. The van der Waals surface area contributed by atoms with Gasteiger partial charge in [-0.3, -0.25) is 0 Å². The summed E-state index contributed by atoms with van der Waals surface area (Å²) in [5.74, 6) is 0.503. The van der Waals surface area contributed by atoms with Crippen LogP contribution in [0.3, 0.4) is 0 Å². The highest BCUT2D eigenvalue weighted by molar-refractivity contribution is 6.06. The lowest BCUT2D eigenvalue weighted by Gasteiger charge is -2.19. The number of nitrogens with one attached hydrogen (secondary N) is 1. The van der Waals surface area contributed by atoms with Crippen molar-refractivity contribution < 1.29 is 5.11 Å². The van der Waals surface area contributed by atoms with Crippen LogP contribution in [0.15, 0.2) is 97.1 Å². The molecule has 2 N–H and O–H groups in total. The first-order chi connectivity index (χ1) is 17.9. The lowest BCUT2D eigenvalue weighted by molar-refractivity contribution is 0.169. The van der Waals surface area contributed by atoms with Gasteiger partial charge in [0.05, 0.1) is 23.9 Å². The predicted molar refractivity (Wildman–Crippen MR) is 157 cm³/mol. The first-order valence-corrected chi connectivity index (χ1v) is 13.2. The van der Waals surface area contributed by atoms with E-state index in [2.05, 4.69) is 135 Å². The summed E-state index contributed by atoms with van der Waals surface area (Å²) < 4.78 is 2.33. The minimum absolute atomic E-state index is 0.473. The van der Waals surface area contributed by atoms with Crippen LogP contribution < -0.4 is 5.32 Å². The number of anilines is 1. The number of hydrogen-bond donors (Lipinski definition) is 2. The molecule has 5 rings (SSSR count). The fourth-order valence-electron chi connectivity index (χ4n) is 5.36. The Labute approximate surface area is 220 Å². The second kappa shape index (κ2) is 10.7. The molecule has 0 spiro atoms. The van der Waals surface area contributed by atoms with Crippen molar-refractivity contribution in [2.24, 2.45) is 0 Å². The molecule has 0 bridgehead atoms. The van der Waals surface area contributed by atoms with Crippen LogP contribution in [-0.2, 0) is 6.54 Å². The van der Waals surface area contributed by atoms with Crippen LogP contribution in [0.25, 0.3) is 33.3 Å². The van der Waals surface area contributed by atoms with Crippen LogP contribution in [0, 0.1) is 13.8 Å². The van der Waals surface area contributed by atoms with Gasteiger partial charge in [-0.25, -0.2) is 0 Å². The van der Waals surface area contributed by atoms with Crippen LogP contribution in [-0.4, -0.2) is 22.3 Å². The number of hydrogen-bond acceptors (Lipinski definition) is 2. The molecule has 5 aromatic rings. The zero-order valence-electron chi connectivity index (χ0n) is 22.2. The smallest absolute Gasteiger partial charge is 0.0891 e. The van der Waals surface area contributed by atoms with Gasteiger partial charge in [0.25, 0.3) is 0 Å². The van der Waals surface area contributed by atoms with Crippen LogP contribution in [0.4, 0.5) is 5.69 Å². The van der Waals surface area contributed by atoms with Gasteiger partial charge in [-0.05, 0) is 60.2 Å². The van der Waals surface area contributed by atoms with Crippen molar-refractivity contribution in [1.82, 2.24) is 4.57 Å². The summed E-state index contributed by atoms with van der Waals surface area (Å²) in [7, 11) is 0. The van der Waals surface area contributed by atoms with Crippen molar-refractivity contribution in [2.75, 3.05) is 11.9 Å². The second-order valence-electron chi connectivity index (χ2n) is 10.4. The predicted octanol–water partition coefficient (Wildman–Crippen LogP) is 8.19. The van der Waals surface area contributed by atoms with Crippen LogP contribution in [0.1, 0.15) is 36.5 Å². The number of rotatable bonds is 8. The molecule has 0 amide bonds. The molecule has 37 heavy (non-hydrogen) atoms. The first kappa shape index (κ1) is 24.9. The summed E-state index contributed by atoms with van der Waals surface area (Å²) in [5.41, 5.74) is 10.7. The SMILES string of the molecule is Cc1cc(C)c2c(c1)c(-c1ccccc1)c(-c1ccccc1)n2C[C@H](O)CNc1ccc(C(C)C)cc1. The molecule has 0 aliphatic rings. The largest absolute Gasteiger partial charge is 0.389 e. The molecule has 3 nitrogen and oxygen atoms in total. The molecule has 0 radical (unpaired) electrons. The third-order valence-electron chi connectivity index (χ3n) is 7.11. The molecule has 0 unspecified atom stereocenters. The summed E-state index contributed by atoms with van der Waals surface area (Å²) in [5, 5.41) is 15.9. The van der Waals surface area contributed by atoms with E-state index in [1.54, 1.807) is 0 Å². The van der Waals surface area contributed by atoms with Gasteiger partial charge < -0.3 is 15.0 Å².